The van der Waals surface area contributed by atoms with Crippen LogP contribution in [0.25, 0.3) is 0 Å². The van der Waals surface area contributed by atoms with E-state index in [1.54, 1.807) is 0 Å². The van der Waals surface area contributed by atoms with E-state index in [1.807, 2.05) is 36.4 Å². The highest BCUT2D eigenvalue weighted by atomic mass is 16.5. The van der Waals surface area contributed by atoms with Gasteiger partial charge in [0.15, 0.2) is 0 Å². The third-order valence-corrected chi connectivity index (χ3v) is 5.19. The van der Waals surface area contributed by atoms with Crippen LogP contribution < -0.4 is 0 Å². The van der Waals surface area contributed by atoms with Crippen LogP contribution >= 0.6 is 0 Å². The van der Waals surface area contributed by atoms with E-state index in [0.29, 0.717) is 31.3 Å². The molecule has 2 aliphatic carbocycles. The molecule has 2 bridgehead atoms. The summed E-state index contributed by atoms with van der Waals surface area (Å²) < 4.78 is 12.3. The fourth-order valence-electron chi connectivity index (χ4n) is 3.99. The molecule has 2 aliphatic rings. The van der Waals surface area contributed by atoms with E-state index in [2.05, 4.69) is 24.3 Å². The normalized spacial score (nSPS) is 28.4. The average Bonchev–Trinajstić information content (AvgIpc) is 3.16. The summed E-state index contributed by atoms with van der Waals surface area (Å²) in [5.41, 5.74) is 2.29. The van der Waals surface area contributed by atoms with Gasteiger partial charge in [0, 0.05) is 12.3 Å². The lowest BCUT2D eigenvalue weighted by Gasteiger charge is -2.30. The zero-order valence-electron chi connectivity index (χ0n) is 13.6. The number of fused-ring (bicyclic) bond motifs is 2. The number of rotatable bonds is 6. The summed E-state index contributed by atoms with van der Waals surface area (Å²) in [5.74, 6) is 0.670. The van der Waals surface area contributed by atoms with Crippen LogP contribution in [-0.2, 0) is 27.5 Å². The fraction of sp³-hybridized carbons (Fsp3) is 0.381. The van der Waals surface area contributed by atoms with Gasteiger partial charge in [-0.15, -0.1) is 0 Å². The van der Waals surface area contributed by atoms with Gasteiger partial charge in [0.2, 0.25) is 0 Å². The number of benzene rings is 2. The van der Waals surface area contributed by atoms with Gasteiger partial charge >= 0.3 is 0 Å². The Morgan fingerprint density at radius 2 is 1.33 bits per heavy atom. The van der Waals surface area contributed by atoms with E-state index in [1.165, 1.54) is 0 Å². The zero-order valence-corrected chi connectivity index (χ0v) is 13.6. The molecule has 2 aromatic rings. The molecule has 4 rings (SSSR count). The molecule has 0 aromatic heterocycles. The molecule has 0 heterocycles. The van der Waals surface area contributed by atoms with Crippen molar-refractivity contribution in [3.63, 3.8) is 0 Å². The molecule has 0 aliphatic heterocycles. The Morgan fingerprint density at radius 3 is 1.92 bits per heavy atom. The van der Waals surface area contributed by atoms with E-state index in [4.69, 9.17) is 9.47 Å². The highest BCUT2D eigenvalue weighted by molar-refractivity contribution is 5.85. The first-order valence-electron chi connectivity index (χ1n) is 8.65. The Bertz CT molecular complexity index is 683. The molecule has 2 aromatic carbocycles. The van der Waals surface area contributed by atoms with Crippen molar-refractivity contribution in [2.75, 3.05) is 0 Å². The predicted octanol–water partition coefficient (Wildman–Crippen LogP) is 3.77. The molecule has 2 fully saturated rings. The van der Waals surface area contributed by atoms with Crippen LogP contribution in [0.2, 0.25) is 0 Å². The van der Waals surface area contributed by atoms with Gasteiger partial charge in [-0.25, -0.2) is 0 Å². The molecule has 3 heteroatoms. The van der Waals surface area contributed by atoms with Crippen molar-refractivity contribution < 1.29 is 14.3 Å². The summed E-state index contributed by atoms with van der Waals surface area (Å²) >= 11 is 0. The van der Waals surface area contributed by atoms with Crippen LogP contribution in [0, 0.1) is 11.8 Å². The van der Waals surface area contributed by atoms with Crippen LogP contribution in [-0.4, -0.2) is 18.0 Å². The topological polar surface area (TPSA) is 35.5 Å². The highest BCUT2D eigenvalue weighted by Gasteiger charge is 2.53. The maximum absolute atomic E-state index is 12.1. The summed E-state index contributed by atoms with van der Waals surface area (Å²) in [4.78, 5) is 12.1. The fourth-order valence-corrected chi connectivity index (χ4v) is 3.99. The molecule has 0 N–H and O–H groups in total. The van der Waals surface area contributed by atoms with Gasteiger partial charge in [-0.1, -0.05) is 60.7 Å². The Kier molecular flexibility index (Phi) is 4.46. The largest absolute Gasteiger partial charge is 0.371 e. The summed E-state index contributed by atoms with van der Waals surface area (Å²) in [5, 5.41) is 0. The standard InChI is InChI=1S/C21H22O3/c22-19-12-17-11-18(19)21(24-14-16-9-5-2-6-10-16)20(17)23-13-15-7-3-1-4-8-15/h1-10,17-18,20-21H,11-14H2/t17-,18+,20-,21+/m0/s1. The van der Waals surface area contributed by atoms with E-state index in [9.17, 15) is 4.79 Å². The Balaban J connectivity index is 1.42. The smallest absolute Gasteiger partial charge is 0.139 e. The van der Waals surface area contributed by atoms with Crippen molar-refractivity contribution in [2.45, 2.75) is 38.3 Å². The monoisotopic (exact) mass is 322 g/mol. The van der Waals surface area contributed by atoms with Crippen LogP contribution in [0.15, 0.2) is 60.7 Å². The second-order valence-electron chi connectivity index (χ2n) is 6.80. The van der Waals surface area contributed by atoms with E-state index in [-0.39, 0.29) is 18.1 Å². The minimum absolute atomic E-state index is 0.0134. The van der Waals surface area contributed by atoms with Crippen LogP contribution in [0.3, 0.4) is 0 Å². The molecule has 0 unspecified atom stereocenters. The van der Waals surface area contributed by atoms with Gasteiger partial charge in [-0.2, -0.15) is 0 Å². The molecule has 124 valence electrons. The van der Waals surface area contributed by atoms with Gasteiger partial charge in [0.25, 0.3) is 0 Å². The third-order valence-electron chi connectivity index (χ3n) is 5.19. The molecule has 0 spiro atoms. The van der Waals surface area contributed by atoms with Crippen molar-refractivity contribution in [1.82, 2.24) is 0 Å². The Morgan fingerprint density at radius 1 is 0.792 bits per heavy atom. The van der Waals surface area contributed by atoms with E-state index in [0.717, 1.165) is 17.5 Å². The first-order valence-corrected chi connectivity index (χ1v) is 8.65. The number of carbonyl (C=O) groups excluding carboxylic acids is 1. The van der Waals surface area contributed by atoms with Crippen molar-refractivity contribution in [2.24, 2.45) is 11.8 Å². The third kappa shape index (κ3) is 3.14. The molecule has 24 heavy (non-hydrogen) atoms. The highest BCUT2D eigenvalue weighted by Crippen LogP contribution is 2.46. The number of hydrogen-bond donors (Lipinski definition) is 0. The van der Waals surface area contributed by atoms with Gasteiger partial charge in [-0.3, -0.25) is 4.79 Å². The quantitative estimate of drug-likeness (QED) is 0.812. The van der Waals surface area contributed by atoms with E-state index >= 15 is 0 Å². The number of ketones is 1. The SMILES string of the molecule is O=C1C[C@@H]2C[C@H]1[C@@H](OCc1ccccc1)[C@H]2OCc1ccccc1. The maximum atomic E-state index is 12.1. The minimum atomic E-state index is -0.111. The number of Topliss-reactive ketones (excluding diaryl/α,β-unsaturated/α-hetero) is 1. The molecule has 0 saturated heterocycles. The zero-order chi connectivity index (χ0) is 16.4. The lowest BCUT2D eigenvalue weighted by molar-refractivity contribution is -0.142. The van der Waals surface area contributed by atoms with E-state index < -0.39 is 0 Å². The number of carbonyl (C=O) groups is 1. The Hall–Kier alpha value is -1.97. The predicted molar refractivity (Wildman–Crippen MR) is 91.3 cm³/mol. The van der Waals surface area contributed by atoms with Crippen molar-refractivity contribution in [3.05, 3.63) is 71.8 Å². The first kappa shape index (κ1) is 15.6. The molecule has 0 amide bonds. The lowest BCUT2D eigenvalue weighted by atomic mass is 9.93. The average molecular weight is 322 g/mol. The minimum Gasteiger partial charge on any atom is -0.371 e. The van der Waals surface area contributed by atoms with Gasteiger partial charge in [0.1, 0.15) is 5.78 Å². The molecule has 2 saturated carbocycles. The Labute approximate surface area is 142 Å². The van der Waals surface area contributed by atoms with Crippen molar-refractivity contribution in [1.29, 1.82) is 0 Å². The second-order valence-corrected chi connectivity index (χ2v) is 6.80. The lowest BCUT2D eigenvalue weighted by Crippen LogP contribution is -2.40. The molecule has 0 radical (unpaired) electrons. The molecule has 4 atom stereocenters. The van der Waals surface area contributed by atoms with Crippen LogP contribution in [0.5, 0.6) is 0 Å². The van der Waals surface area contributed by atoms with Crippen molar-refractivity contribution >= 4 is 5.78 Å². The second kappa shape index (κ2) is 6.88. The molecular formula is C21H22O3. The van der Waals surface area contributed by atoms with Gasteiger partial charge in [0.05, 0.1) is 25.4 Å². The van der Waals surface area contributed by atoms with Crippen LogP contribution in [0.4, 0.5) is 0 Å². The van der Waals surface area contributed by atoms with Gasteiger partial charge in [-0.05, 0) is 23.5 Å². The summed E-state index contributed by atoms with van der Waals surface area (Å²) in [6.07, 6.45) is 1.48. The molecule has 3 nitrogen and oxygen atoms in total. The van der Waals surface area contributed by atoms with Gasteiger partial charge < -0.3 is 9.47 Å². The maximum Gasteiger partial charge on any atom is 0.139 e. The number of ether oxygens (including phenoxy) is 2. The molecular weight excluding hydrogens is 300 g/mol. The summed E-state index contributed by atoms with van der Waals surface area (Å²) in [6.45, 7) is 1.11. The van der Waals surface area contributed by atoms with Crippen LogP contribution in [0.1, 0.15) is 24.0 Å². The summed E-state index contributed by atoms with van der Waals surface area (Å²) in [7, 11) is 0. The first-order chi connectivity index (χ1) is 11.8. The number of hydrogen-bond acceptors (Lipinski definition) is 3. The summed E-state index contributed by atoms with van der Waals surface area (Å²) in [6, 6.07) is 20.3. The van der Waals surface area contributed by atoms with Crippen molar-refractivity contribution in [3.8, 4) is 0 Å².